The van der Waals surface area contributed by atoms with Crippen LogP contribution in [-0.4, -0.2) is 29.7 Å². The van der Waals surface area contributed by atoms with Crippen LogP contribution in [0.3, 0.4) is 0 Å². The number of rotatable bonds is 5. The highest BCUT2D eigenvalue weighted by molar-refractivity contribution is 5.33. The molecule has 130 valence electrons. The predicted molar refractivity (Wildman–Crippen MR) is 90.6 cm³/mol. The van der Waals surface area contributed by atoms with Crippen LogP contribution in [0.1, 0.15) is 23.1 Å². The van der Waals surface area contributed by atoms with Gasteiger partial charge in [-0.25, -0.2) is 8.78 Å². The molecule has 1 saturated heterocycles. The van der Waals surface area contributed by atoms with Crippen LogP contribution in [0, 0.1) is 28.4 Å². The topological polar surface area (TPSA) is 47.3 Å². The first-order valence-corrected chi connectivity index (χ1v) is 8.30. The number of nitriles is 1. The number of benzene rings is 2. The third-order valence-electron chi connectivity index (χ3n) is 4.91. The molecule has 1 fully saturated rings. The highest BCUT2D eigenvalue weighted by Crippen LogP contribution is 2.34. The lowest BCUT2D eigenvalue weighted by molar-refractivity contribution is 0.127. The summed E-state index contributed by atoms with van der Waals surface area (Å²) in [6.45, 7) is 2.14. The zero-order valence-corrected chi connectivity index (χ0v) is 13.9. The first kappa shape index (κ1) is 17.5. The van der Waals surface area contributed by atoms with Crippen LogP contribution in [0.15, 0.2) is 42.5 Å². The van der Waals surface area contributed by atoms with Gasteiger partial charge in [0.2, 0.25) is 0 Å². The highest BCUT2D eigenvalue weighted by atomic mass is 19.1. The van der Waals surface area contributed by atoms with Gasteiger partial charge >= 0.3 is 0 Å². The van der Waals surface area contributed by atoms with Gasteiger partial charge in [-0.15, -0.1) is 0 Å². The van der Waals surface area contributed by atoms with E-state index >= 15 is 0 Å². The third kappa shape index (κ3) is 4.04. The number of halogens is 2. The zero-order valence-electron chi connectivity index (χ0n) is 13.9. The minimum atomic E-state index is -0.501. The minimum Gasteiger partial charge on any atom is -0.396 e. The van der Waals surface area contributed by atoms with Crippen molar-refractivity contribution in [2.45, 2.75) is 19.4 Å². The summed E-state index contributed by atoms with van der Waals surface area (Å²) in [7, 11) is 0. The predicted octanol–water partition coefficient (Wildman–Crippen LogP) is 3.26. The number of likely N-dealkylation sites (tertiary alicyclic amines) is 1. The lowest BCUT2D eigenvalue weighted by atomic mass is 9.81. The van der Waals surface area contributed by atoms with Crippen molar-refractivity contribution in [3.63, 3.8) is 0 Å². The summed E-state index contributed by atoms with van der Waals surface area (Å²) in [6.07, 6.45) is 1.52. The van der Waals surface area contributed by atoms with Gasteiger partial charge < -0.3 is 5.11 Å². The van der Waals surface area contributed by atoms with Gasteiger partial charge in [0.05, 0.1) is 12.2 Å². The number of aliphatic hydroxyl groups is 1. The summed E-state index contributed by atoms with van der Waals surface area (Å²) in [5.41, 5.74) is 1.60. The van der Waals surface area contributed by atoms with Gasteiger partial charge in [0.1, 0.15) is 17.7 Å². The maximum atomic E-state index is 13.8. The molecule has 1 heterocycles. The van der Waals surface area contributed by atoms with Crippen molar-refractivity contribution in [1.82, 2.24) is 4.90 Å². The van der Waals surface area contributed by atoms with Crippen LogP contribution < -0.4 is 0 Å². The molecule has 0 aliphatic carbocycles. The van der Waals surface area contributed by atoms with E-state index in [1.807, 2.05) is 6.07 Å². The number of aliphatic hydroxyl groups excluding tert-OH is 1. The first-order chi connectivity index (χ1) is 12.0. The Labute approximate surface area is 146 Å². The molecule has 0 radical (unpaired) electrons. The molecule has 3 rings (SSSR count). The molecule has 1 aliphatic rings. The zero-order chi connectivity index (χ0) is 17.9. The van der Waals surface area contributed by atoms with Crippen LogP contribution in [0.4, 0.5) is 8.78 Å². The van der Waals surface area contributed by atoms with Gasteiger partial charge in [0.15, 0.2) is 0 Å². The Balaban J connectivity index is 1.67. The molecular weight excluding hydrogens is 322 g/mol. The van der Waals surface area contributed by atoms with Gasteiger partial charge in [-0.05, 0) is 54.8 Å². The highest BCUT2D eigenvalue weighted by Gasteiger charge is 2.37. The summed E-state index contributed by atoms with van der Waals surface area (Å²) < 4.78 is 26.8. The van der Waals surface area contributed by atoms with Crippen LogP contribution in [0.2, 0.25) is 0 Å². The first-order valence-electron chi connectivity index (χ1n) is 8.30. The van der Waals surface area contributed by atoms with Crippen molar-refractivity contribution >= 4 is 0 Å². The maximum Gasteiger partial charge on any atom is 0.141 e. The minimum absolute atomic E-state index is 0.0474. The van der Waals surface area contributed by atoms with Crippen molar-refractivity contribution in [3.8, 4) is 6.07 Å². The molecule has 0 aromatic heterocycles. The number of nitrogens with zero attached hydrogens (tertiary/aromatic N) is 2. The Morgan fingerprint density at radius 3 is 2.48 bits per heavy atom. The molecule has 0 saturated carbocycles. The van der Waals surface area contributed by atoms with Crippen LogP contribution in [0.5, 0.6) is 0 Å². The monoisotopic (exact) mass is 342 g/mol. The molecule has 2 aromatic rings. The van der Waals surface area contributed by atoms with Gasteiger partial charge in [0.25, 0.3) is 0 Å². The molecule has 3 nitrogen and oxygen atoms in total. The molecule has 5 heteroatoms. The summed E-state index contributed by atoms with van der Waals surface area (Å²) in [6, 6.07) is 12.9. The second-order valence-electron chi connectivity index (χ2n) is 6.85. The quantitative estimate of drug-likeness (QED) is 0.907. The third-order valence-corrected chi connectivity index (χ3v) is 4.91. The molecule has 1 aliphatic heterocycles. The van der Waals surface area contributed by atoms with Crippen LogP contribution in [-0.2, 0) is 13.0 Å². The van der Waals surface area contributed by atoms with E-state index in [2.05, 4.69) is 4.90 Å². The Hall–Kier alpha value is -2.29. The van der Waals surface area contributed by atoms with E-state index < -0.39 is 5.82 Å². The van der Waals surface area contributed by atoms with Crippen molar-refractivity contribution in [2.75, 3.05) is 19.7 Å². The van der Waals surface area contributed by atoms with Gasteiger partial charge in [-0.3, -0.25) is 4.90 Å². The van der Waals surface area contributed by atoms with E-state index in [0.717, 1.165) is 24.1 Å². The van der Waals surface area contributed by atoms with Crippen molar-refractivity contribution < 1.29 is 13.9 Å². The van der Waals surface area contributed by atoms with E-state index in [4.69, 9.17) is 5.26 Å². The van der Waals surface area contributed by atoms with Crippen LogP contribution >= 0.6 is 0 Å². The number of hydrogen-bond donors (Lipinski definition) is 1. The summed E-state index contributed by atoms with van der Waals surface area (Å²) in [4.78, 5) is 2.18. The normalized spacial score (nSPS) is 20.6. The molecule has 0 bridgehead atoms. The fourth-order valence-corrected chi connectivity index (χ4v) is 3.53. The van der Waals surface area contributed by atoms with Gasteiger partial charge in [-0.2, -0.15) is 5.26 Å². The molecule has 1 atom stereocenters. The van der Waals surface area contributed by atoms with E-state index in [1.165, 1.54) is 24.3 Å². The van der Waals surface area contributed by atoms with Crippen LogP contribution in [0.25, 0.3) is 0 Å². The molecule has 0 spiro atoms. The van der Waals surface area contributed by atoms with Crippen molar-refractivity contribution in [2.24, 2.45) is 5.41 Å². The van der Waals surface area contributed by atoms with E-state index in [0.29, 0.717) is 19.5 Å². The average molecular weight is 342 g/mol. The largest absolute Gasteiger partial charge is 0.396 e. The molecule has 0 amide bonds. The summed E-state index contributed by atoms with van der Waals surface area (Å²) in [5.74, 6) is -0.767. The average Bonchev–Trinajstić information content (AvgIpc) is 3.00. The standard InChI is InChI=1S/C20H20F2N2O/c21-18-5-2-15(3-6-18)10-20(14-25)7-8-24(13-20)12-16-1-4-17(11-23)19(22)9-16/h1-6,9,25H,7-8,10,12-14H2. The molecular formula is C20H20F2N2O. The van der Waals surface area contributed by atoms with E-state index in [-0.39, 0.29) is 23.4 Å². The fraction of sp³-hybridized carbons (Fsp3) is 0.350. The summed E-state index contributed by atoms with van der Waals surface area (Å²) in [5, 5.41) is 18.7. The van der Waals surface area contributed by atoms with Crippen molar-refractivity contribution in [3.05, 3.63) is 70.8 Å². The Bertz CT molecular complexity index is 785. The second-order valence-corrected chi connectivity index (χ2v) is 6.85. The Kier molecular flexibility index (Phi) is 5.12. The molecule has 2 aromatic carbocycles. The smallest absolute Gasteiger partial charge is 0.141 e. The second kappa shape index (κ2) is 7.30. The summed E-state index contributed by atoms with van der Waals surface area (Å²) >= 11 is 0. The lowest BCUT2D eigenvalue weighted by Gasteiger charge is -2.27. The molecule has 1 N–H and O–H groups in total. The Morgan fingerprint density at radius 2 is 1.84 bits per heavy atom. The van der Waals surface area contributed by atoms with E-state index in [1.54, 1.807) is 18.2 Å². The molecule has 1 unspecified atom stereocenters. The number of hydrogen-bond acceptors (Lipinski definition) is 3. The van der Waals surface area contributed by atoms with Crippen molar-refractivity contribution in [1.29, 1.82) is 5.26 Å². The fourth-order valence-electron chi connectivity index (χ4n) is 3.53. The lowest BCUT2D eigenvalue weighted by Crippen LogP contribution is -2.32. The van der Waals surface area contributed by atoms with Gasteiger partial charge in [0, 0.05) is 18.5 Å². The van der Waals surface area contributed by atoms with Gasteiger partial charge in [-0.1, -0.05) is 18.2 Å². The molecule has 25 heavy (non-hydrogen) atoms. The maximum absolute atomic E-state index is 13.8. The Morgan fingerprint density at radius 1 is 1.12 bits per heavy atom. The van der Waals surface area contributed by atoms with E-state index in [9.17, 15) is 13.9 Å². The SMILES string of the molecule is N#Cc1ccc(CN2CCC(CO)(Cc3ccc(F)cc3)C2)cc1F.